The first kappa shape index (κ1) is 23.4. The van der Waals surface area contributed by atoms with Crippen molar-refractivity contribution in [2.45, 2.75) is 51.7 Å². The van der Waals surface area contributed by atoms with Gasteiger partial charge in [-0.3, -0.25) is 10.1 Å². The first-order chi connectivity index (χ1) is 16.4. The maximum Gasteiger partial charge on any atom is 0.412 e. The monoisotopic (exact) mass is 464 g/mol. The summed E-state index contributed by atoms with van der Waals surface area (Å²) in [7, 11) is 0. The topological polar surface area (TPSA) is 111 Å². The molecule has 1 fully saturated rings. The molecule has 34 heavy (non-hydrogen) atoms. The second-order valence-electron chi connectivity index (χ2n) is 8.52. The molecule has 0 spiro atoms. The summed E-state index contributed by atoms with van der Waals surface area (Å²) < 4.78 is 17.0. The number of hydrogen-bond acceptors (Lipinski definition) is 6. The summed E-state index contributed by atoms with van der Waals surface area (Å²) in [5.74, 6) is -0.0483. The summed E-state index contributed by atoms with van der Waals surface area (Å²) in [4.78, 5) is 23.8. The van der Waals surface area contributed by atoms with Crippen LogP contribution in [0.3, 0.4) is 0 Å². The van der Waals surface area contributed by atoms with Gasteiger partial charge < -0.3 is 19.1 Å². The molecule has 0 bridgehead atoms. The van der Waals surface area contributed by atoms with E-state index in [2.05, 4.69) is 10.5 Å². The van der Waals surface area contributed by atoms with E-state index in [1.807, 2.05) is 42.5 Å². The van der Waals surface area contributed by atoms with Crippen LogP contribution in [-0.4, -0.2) is 28.4 Å². The van der Waals surface area contributed by atoms with Crippen LogP contribution in [0.1, 0.15) is 50.0 Å². The van der Waals surface area contributed by atoms with Gasteiger partial charge in [0.25, 0.3) is 0 Å². The van der Waals surface area contributed by atoms with Crippen molar-refractivity contribution in [3.63, 3.8) is 0 Å². The number of aliphatic carboxylic acids is 1. The first-order valence-electron chi connectivity index (χ1n) is 11.4. The summed E-state index contributed by atoms with van der Waals surface area (Å²) in [6, 6.07) is 16.7. The van der Waals surface area contributed by atoms with Gasteiger partial charge in [-0.25, -0.2) is 4.79 Å². The van der Waals surface area contributed by atoms with Gasteiger partial charge in [0.05, 0.1) is 12.0 Å². The van der Waals surface area contributed by atoms with Crippen molar-refractivity contribution in [3.05, 3.63) is 65.9 Å². The third-order valence-electron chi connectivity index (χ3n) is 6.04. The summed E-state index contributed by atoms with van der Waals surface area (Å²) in [5.41, 5.74) is 2.58. The van der Waals surface area contributed by atoms with Crippen molar-refractivity contribution in [2.75, 3.05) is 5.32 Å². The number of carboxylic acid groups (broad SMARTS) is 1. The average molecular weight is 465 g/mol. The quantitative estimate of drug-likeness (QED) is 0.442. The van der Waals surface area contributed by atoms with Crippen LogP contribution in [0.2, 0.25) is 0 Å². The number of nitrogens with one attached hydrogen (secondary N) is 1. The third-order valence-corrected chi connectivity index (χ3v) is 6.04. The predicted octanol–water partition coefficient (Wildman–Crippen LogP) is 5.98. The van der Waals surface area contributed by atoms with Gasteiger partial charge in [0.1, 0.15) is 23.2 Å². The molecule has 2 aromatic carbocycles. The molecule has 8 heteroatoms. The minimum absolute atomic E-state index is 0.119. The number of carbonyl (C=O) groups is 2. The molecule has 4 rings (SSSR count). The first-order valence-corrected chi connectivity index (χ1v) is 11.4. The molecule has 1 aromatic heterocycles. The zero-order chi connectivity index (χ0) is 24.1. The van der Waals surface area contributed by atoms with E-state index >= 15 is 0 Å². The van der Waals surface area contributed by atoms with Gasteiger partial charge in [-0.15, -0.1) is 0 Å². The normalized spacial score (nSPS) is 18.6. The number of anilines is 1. The molecular weight excluding hydrogens is 436 g/mol. The molecule has 0 aliphatic heterocycles. The highest BCUT2D eigenvalue weighted by atomic mass is 16.6. The van der Waals surface area contributed by atoms with Gasteiger partial charge in [0, 0.05) is 5.56 Å². The van der Waals surface area contributed by atoms with Gasteiger partial charge in [-0.1, -0.05) is 35.5 Å². The Kier molecular flexibility index (Phi) is 7.15. The van der Waals surface area contributed by atoms with Crippen LogP contribution in [0.25, 0.3) is 11.3 Å². The zero-order valence-electron chi connectivity index (χ0n) is 19.2. The molecule has 1 saturated carbocycles. The Labute approximate surface area is 197 Å². The van der Waals surface area contributed by atoms with E-state index in [9.17, 15) is 14.7 Å². The Hall–Kier alpha value is -3.81. The van der Waals surface area contributed by atoms with Gasteiger partial charge in [0.2, 0.25) is 0 Å². The number of carboxylic acids is 1. The zero-order valence-corrected chi connectivity index (χ0v) is 19.2. The smallest absolute Gasteiger partial charge is 0.412 e. The van der Waals surface area contributed by atoms with Crippen LogP contribution in [0.15, 0.2) is 59.1 Å². The fourth-order valence-corrected chi connectivity index (χ4v) is 4.15. The molecule has 1 heterocycles. The van der Waals surface area contributed by atoms with Gasteiger partial charge >= 0.3 is 12.1 Å². The van der Waals surface area contributed by atoms with E-state index in [0.717, 1.165) is 18.4 Å². The fraction of sp³-hybridized carbons (Fsp3) is 0.346. The second kappa shape index (κ2) is 10.4. The standard InChI is InChI=1S/C26H28N2O6/c1-16-23(27-26(31)32-17(2)18-7-4-3-5-8-18)24(34-28-16)19-11-13-21(14-12-19)33-22-10-6-9-20(15-22)25(29)30/h3-5,7-8,11-14,17,20,22H,6,9-10,15H2,1-2H3,(H,27,31)(H,29,30)/t17-,20?,22?/m1/s1. The minimum atomic E-state index is -0.763. The second-order valence-corrected chi connectivity index (χ2v) is 8.52. The molecule has 3 aromatic rings. The van der Waals surface area contributed by atoms with E-state index in [1.54, 1.807) is 26.0 Å². The molecule has 3 atom stereocenters. The summed E-state index contributed by atoms with van der Waals surface area (Å²) in [5, 5.41) is 16.0. The lowest BCUT2D eigenvalue weighted by Gasteiger charge is -2.27. The summed E-state index contributed by atoms with van der Waals surface area (Å²) in [6.07, 6.45) is 1.75. The Morgan fingerprint density at radius 1 is 1.12 bits per heavy atom. The maximum absolute atomic E-state index is 12.5. The van der Waals surface area contributed by atoms with Crippen molar-refractivity contribution in [3.8, 4) is 17.1 Å². The molecule has 8 nitrogen and oxygen atoms in total. The number of aromatic nitrogens is 1. The van der Waals surface area contributed by atoms with E-state index in [4.69, 9.17) is 14.0 Å². The number of rotatable bonds is 7. The molecule has 1 amide bonds. The highest BCUT2D eigenvalue weighted by molar-refractivity contribution is 5.90. The number of aryl methyl sites for hydroxylation is 1. The molecule has 1 aliphatic rings. The SMILES string of the molecule is Cc1noc(-c2ccc(OC3CCCC(C(=O)O)C3)cc2)c1NC(=O)O[C@H](C)c1ccccc1. The van der Waals surface area contributed by atoms with Crippen LogP contribution in [0, 0.1) is 12.8 Å². The molecular formula is C26H28N2O6. The van der Waals surface area contributed by atoms with E-state index in [-0.39, 0.29) is 12.0 Å². The van der Waals surface area contributed by atoms with E-state index in [0.29, 0.717) is 41.3 Å². The third kappa shape index (κ3) is 5.57. The van der Waals surface area contributed by atoms with Crippen molar-refractivity contribution in [1.29, 1.82) is 0 Å². The Morgan fingerprint density at radius 3 is 2.56 bits per heavy atom. The Balaban J connectivity index is 1.41. The van der Waals surface area contributed by atoms with Crippen LogP contribution in [0.4, 0.5) is 10.5 Å². The molecule has 2 unspecified atom stereocenters. The van der Waals surface area contributed by atoms with Crippen molar-refractivity contribution in [1.82, 2.24) is 5.16 Å². The highest BCUT2D eigenvalue weighted by Crippen LogP contribution is 2.33. The van der Waals surface area contributed by atoms with Crippen molar-refractivity contribution >= 4 is 17.7 Å². The fourth-order valence-electron chi connectivity index (χ4n) is 4.15. The molecule has 178 valence electrons. The minimum Gasteiger partial charge on any atom is -0.490 e. The Morgan fingerprint density at radius 2 is 1.85 bits per heavy atom. The molecule has 1 aliphatic carbocycles. The number of nitrogens with zero attached hydrogens (tertiary/aromatic N) is 1. The van der Waals surface area contributed by atoms with Crippen molar-refractivity contribution in [2.24, 2.45) is 5.92 Å². The van der Waals surface area contributed by atoms with Crippen LogP contribution in [0.5, 0.6) is 5.75 Å². The van der Waals surface area contributed by atoms with Gasteiger partial charge in [-0.05, 0) is 69.4 Å². The lowest BCUT2D eigenvalue weighted by Crippen LogP contribution is -2.29. The summed E-state index contributed by atoms with van der Waals surface area (Å²) in [6.45, 7) is 3.54. The van der Waals surface area contributed by atoms with E-state index in [1.165, 1.54) is 0 Å². The Bertz CT molecular complexity index is 1130. The summed E-state index contributed by atoms with van der Waals surface area (Å²) >= 11 is 0. The maximum atomic E-state index is 12.5. The number of hydrogen-bond donors (Lipinski definition) is 2. The lowest BCUT2D eigenvalue weighted by molar-refractivity contribution is -0.143. The van der Waals surface area contributed by atoms with Crippen molar-refractivity contribution < 1.29 is 28.7 Å². The van der Waals surface area contributed by atoms with E-state index < -0.39 is 18.2 Å². The predicted molar refractivity (Wildman–Crippen MR) is 126 cm³/mol. The molecule has 0 saturated heterocycles. The average Bonchev–Trinajstić information content (AvgIpc) is 3.20. The van der Waals surface area contributed by atoms with Gasteiger partial charge in [-0.2, -0.15) is 0 Å². The number of ether oxygens (including phenoxy) is 2. The highest BCUT2D eigenvalue weighted by Gasteiger charge is 2.28. The van der Waals surface area contributed by atoms with Crippen LogP contribution < -0.4 is 10.1 Å². The van der Waals surface area contributed by atoms with Crippen LogP contribution >= 0.6 is 0 Å². The number of carbonyl (C=O) groups excluding carboxylic acids is 1. The van der Waals surface area contributed by atoms with Gasteiger partial charge in [0.15, 0.2) is 5.76 Å². The van der Waals surface area contributed by atoms with Crippen LogP contribution in [-0.2, 0) is 9.53 Å². The molecule has 2 N–H and O–H groups in total. The number of benzene rings is 2. The largest absolute Gasteiger partial charge is 0.490 e. The molecule has 0 radical (unpaired) electrons. The number of amides is 1. The lowest BCUT2D eigenvalue weighted by atomic mass is 9.87.